The first-order valence-corrected chi connectivity index (χ1v) is 8.83. The van der Waals surface area contributed by atoms with Crippen LogP contribution in [0, 0.1) is 0 Å². The van der Waals surface area contributed by atoms with Gasteiger partial charge in [0.25, 0.3) is 0 Å². The molecule has 27 heavy (non-hydrogen) atoms. The van der Waals surface area contributed by atoms with Crippen molar-refractivity contribution in [3.8, 4) is 0 Å². The van der Waals surface area contributed by atoms with E-state index in [4.69, 9.17) is 5.73 Å². The van der Waals surface area contributed by atoms with E-state index in [1.807, 2.05) is 18.2 Å². The third-order valence-electron chi connectivity index (χ3n) is 4.52. The molecule has 7 nitrogen and oxygen atoms in total. The fourth-order valence-corrected chi connectivity index (χ4v) is 3.30. The summed E-state index contributed by atoms with van der Waals surface area (Å²) in [6, 6.07) is 8.11. The number of H-pyrrole nitrogens is 1. The van der Waals surface area contributed by atoms with Crippen molar-refractivity contribution in [3.05, 3.63) is 41.3 Å². The van der Waals surface area contributed by atoms with Crippen molar-refractivity contribution in [2.75, 3.05) is 30.7 Å². The summed E-state index contributed by atoms with van der Waals surface area (Å²) >= 11 is 0. The molecule has 1 aliphatic rings. The fraction of sp³-hybridized carbons (Fsp3) is 0.389. The second-order valence-electron chi connectivity index (χ2n) is 6.34. The molecule has 3 heterocycles. The summed E-state index contributed by atoms with van der Waals surface area (Å²) in [5.74, 6) is 2.25. The van der Waals surface area contributed by atoms with Gasteiger partial charge in [-0.2, -0.15) is 4.98 Å². The Balaban J connectivity index is 0.00000131. The van der Waals surface area contributed by atoms with E-state index in [1.54, 1.807) is 0 Å². The minimum absolute atomic E-state index is 0. The highest BCUT2D eigenvalue weighted by molar-refractivity contribution is 5.85. The lowest BCUT2D eigenvalue weighted by molar-refractivity contribution is 0.708. The second kappa shape index (κ2) is 9.73. The van der Waals surface area contributed by atoms with Crippen LogP contribution in [0.2, 0.25) is 0 Å². The van der Waals surface area contributed by atoms with Gasteiger partial charge in [0.15, 0.2) is 0 Å². The van der Waals surface area contributed by atoms with E-state index in [0.29, 0.717) is 5.95 Å². The number of halogens is 2. The van der Waals surface area contributed by atoms with E-state index in [1.165, 1.54) is 5.56 Å². The SMILES string of the molecule is Cl.Cl.Nc1nc2c(c(NCCCc3nc4ccccc4[nH]3)n1)CCNCC2. The Kier molecular flexibility index (Phi) is 7.65. The standard InChI is InChI=1S/C18H23N7.2ClH/c19-18-24-13-8-11-20-10-7-12(13)17(25-18)21-9-3-6-16-22-14-4-1-2-5-15(14)23-16;;/h1-2,4-5,20H,3,6-11H2,(H,22,23)(H3,19,21,24,25);2*1H. The molecule has 0 saturated carbocycles. The zero-order valence-corrected chi connectivity index (χ0v) is 16.6. The van der Waals surface area contributed by atoms with Crippen LogP contribution in [0.4, 0.5) is 11.8 Å². The molecule has 4 rings (SSSR count). The maximum atomic E-state index is 5.87. The lowest BCUT2D eigenvalue weighted by Gasteiger charge is -2.13. The molecule has 0 spiro atoms. The third kappa shape index (κ3) is 5.00. The van der Waals surface area contributed by atoms with E-state index in [2.05, 4.69) is 36.6 Å². The van der Waals surface area contributed by atoms with Gasteiger partial charge < -0.3 is 21.4 Å². The zero-order chi connectivity index (χ0) is 17.1. The van der Waals surface area contributed by atoms with Gasteiger partial charge in [0.05, 0.1) is 16.7 Å². The smallest absolute Gasteiger partial charge is 0.222 e. The number of aromatic nitrogens is 4. The van der Waals surface area contributed by atoms with Crippen LogP contribution in [0.15, 0.2) is 24.3 Å². The number of nitrogens with one attached hydrogen (secondary N) is 3. The van der Waals surface area contributed by atoms with Gasteiger partial charge in [0.1, 0.15) is 11.6 Å². The van der Waals surface area contributed by atoms with Crippen LogP contribution in [0.5, 0.6) is 0 Å². The molecule has 0 bridgehead atoms. The number of aryl methyl sites for hydroxylation is 1. The molecule has 2 aromatic heterocycles. The van der Waals surface area contributed by atoms with E-state index in [-0.39, 0.29) is 24.8 Å². The number of anilines is 2. The number of rotatable bonds is 5. The molecule has 0 radical (unpaired) electrons. The van der Waals surface area contributed by atoms with Crippen molar-refractivity contribution in [2.24, 2.45) is 0 Å². The number of para-hydroxylation sites is 2. The topological polar surface area (TPSA) is 105 Å². The van der Waals surface area contributed by atoms with Crippen molar-refractivity contribution in [3.63, 3.8) is 0 Å². The highest BCUT2D eigenvalue weighted by Crippen LogP contribution is 2.20. The number of imidazole rings is 1. The molecule has 0 aliphatic carbocycles. The maximum absolute atomic E-state index is 5.87. The molecule has 0 atom stereocenters. The summed E-state index contributed by atoms with van der Waals surface area (Å²) in [6.45, 7) is 2.72. The van der Waals surface area contributed by atoms with Crippen LogP contribution < -0.4 is 16.4 Å². The van der Waals surface area contributed by atoms with Crippen LogP contribution in [0.3, 0.4) is 0 Å². The summed E-state index contributed by atoms with van der Waals surface area (Å²) < 4.78 is 0. The van der Waals surface area contributed by atoms with Gasteiger partial charge in [-0.1, -0.05) is 12.1 Å². The van der Waals surface area contributed by atoms with Crippen LogP contribution in [0.25, 0.3) is 11.0 Å². The molecule has 9 heteroatoms. The summed E-state index contributed by atoms with van der Waals surface area (Å²) in [7, 11) is 0. The highest BCUT2D eigenvalue weighted by Gasteiger charge is 2.15. The Hall–Kier alpha value is -2.09. The summed E-state index contributed by atoms with van der Waals surface area (Å²) in [5.41, 5.74) is 10.2. The Morgan fingerprint density at radius 2 is 1.85 bits per heavy atom. The fourth-order valence-electron chi connectivity index (χ4n) is 3.30. The average Bonchev–Trinajstić information content (AvgIpc) is 2.88. The largest absolute Gasteiger partial charge is 0.370 e. The molecule has 3 aromatic rings. The summed E-state index contributed by atoms with van der Waals surface area (Å²) in [5, 5.41) is 6.84. The number of hydrogen-bond acceptors (Lipinski definition) is 6. The monoisotopic (exact) mass is 409 g/mol. The van der Waals surface area contributed by atoms with Crippen molar-refractivity contribution in [1.29, 1.82) is 0 Å². The normalized spacial score (nSPS) is 13.2. The third-order valence-corrected chi connectivity index (χ3v) is 4.52. The molecule has 0 saturated heterocycles. The number of nitrogens with zero attached hydrogens (tertiary/aromatic N) is 3. The molecule has 1 aliphatic heterocycles. The maximum Gasteiger partial charge on any atom is 0.222 e. The van der Waals surface area contributed by atoms with E-state index < -0.39 is 0 Å². The average molecular weight is 410 g/mol. The van der Waals surface area contributed by atoms with Crippen molar-refractivity contribution in [2.45, 2.75) is 25.7 Å². The molecule has 0 fully saturated rings. The number of fused-ring (bicyclic) bond motifs is 2. The number of hydrogen-bond donors (Lipinski definition) is 4. The molecule has 1 aromatic carbocycles. The molecular formula is C18H25Cl2N7. The molecule has 146 valence electrons. The Morgan fingerprint density at radius 1 is 1.04 bits per heavy atom. The van der Waals surface area contributed by atoms with Gasteiger partial charge in [-0.25, -0.2) is 9.97 Å². The Morgan fingerprint density at radius 3 is 2.70 bits per heavy atom. The van der Waals surface area contributed by atoms with E-state index in [0.717, 1.165) is 73.7 Å². The Bertz CT molecular complexity index is 848. The van der Waals surface area contributed by atoms with E-state index >= 15 is 0 Å². The first-order valence-electron chi connectivity index (χ1n) is 8.83. The zero-order valence-electron chi connectivity index (χ0n) is 15.0. The number of aromatic amines is 1. The van der Waals surface area contributed by atoms with Crippen LogP contribution >= 0.6 is 24.8 Å². The van der Waals surface area contributed by atoms with Crippen LogP contribution in [-0.4, -0.2) is 39.6 Å². The van der Waals surface area contributed by atoms with Gasteiger partial charge >= 0.3 is 0 Å². The second-order valence-corrected chi connectivity index (χ2v) is 6.34. The number of nitrogens with two attached hydrogens (primary N) is 1. The predicted octanol–water partition coefficient (Wildman–Crippen LogP) is 2.51. The number of nitrogen functional groups attached to an aromatic ring is 1. The van der Waals surface area contributed by atoms with Gasteiger partial charge in [-0.15, -0.1) is 24.8 Å². The lowest BCUT2D eigenvalue weighted by atomic mass is 10.1. The first-order chi connectivity index (χ1) is 12.3. The van der Waals surface area contributed by atoms with E-state index in [9.17, 15) is 0 Å². The quantitative estimate of drug-likeness (QED) is 0.482. The minimum atomic E-state index is 0. The first kappa shape index (κ1) is 21.2. The van der Waals surface area contributed by atoms with Gasteiger partial charge in [0, 0.05) is 31.5 Å². The molecular weight excluding hydrogens is 385 g/mol. The van der Waals surface area contributed by atoms with Crippen LogP contribution in [-0.2, 0) is 19.3 Å². The van der Waals surface area contributed by atoms with Crippen LogP contribution in [0.1, 0.15) is 23.5 Å². The van der Waals surface area contributed by atoms with Crippen molar-refractivity contribution in [1.82, 2.24) is 25.3 Å². The van der Waals surface area contributed by atoms with Gasteiger partial charge in [-0.05, 0) is 31.5 Å². The van der Waals surface area contributed by atoms with Gasteiger partial charge in [-0.3, -0.25) is 0 Å². The summed E-state index contributed by atoms with van der Waals surface area (Å²) in [4.78, 5) is 16.8. The molecule has 0 amide bonds. The lowest BCUT2D eigenvalue weighted by Crippen LogP contribution is -2.16. The molecule has 0 unspecified atom stereocenters. The van der Waals surface area contributed by atoms with Crippen molar-refractivity contribution >= 4 is 47.6 Å². The highest BCUT2D eigenvalue weighted by atomic mass is 35.5. The van der Waals surface area contributed by atoms with Crippen molar-refractivity contribution < 1.29 is 0 Å². The molecule has 5 N–H and O–H groups in total. The Labute approximate surface area is 170 Å². The predicted molar refractivity (Wildman–Crippen MR) is 114 cm³/mol. The van der Waals surface area contributed by atoms with Gasteiger partial charge in [0.2, 0.25) is 5.95 Å². The minimum Gasteiger partial charge on any atom is -0.370 e. The summed E-state index contributed by atoms with van der Waals surface area (Å²) in [6.07, 6.45) is 3.69. The number of benzene rings is 1.